The second-order valence-corrected chi connectivity index (χ2v) is 5.62. The van der Waals surface area contributed by atoms with Gasteiger partial charge in [0.15, 0.2) is 11.5 Å². The molecule has 4 heteroatoms. The highest BCUT2D eigenvalue weighted by molar-refractivity contribution is 5.43. The molecule has 0 amide bonds. The zero-order valence-corrected chi connectivity index (χ0v) is 13.0. The fourth-order valence-corrected chi connectivity index (χ4v) is 2.56. The maximum absolute atomic E-state index is 5.38. The number of hydrogen-bond acceptors (Lipinski definition) is 4. The first-order chi connectivity index (χ1) is 9.67. The quantitative estimate of drug-likeness (QED) is 0.791. The molecule has 4 nitrogen and oxygen atoms in total. The summed E-state index contributed by atoms with van der Waals surface area (Å²) < 4.78 is 10.7. The maximum atomic E-state index is 5.38. The lowest BCUT2D eigenvalue weighted by Crippen LogP contribution is -2.32. The Labute approximate surface area is 122 Å². The number of likely N-dealkylation sites (N-methyl/N-ethyl adjacent to an activating group) is 2. The van der Waals surface area contributed by atoms with Crippen LogP contribution in [-0.4, -0.2) is 46.3 Å². The molecular formula is C16H26N2O2. The third-order valence-corrected chi connectivity index (χ3v) is 3.92. The van der Waals surface area contributed by atoms with E-state index in [1.54, 1.807) is 14.2 Å². The van der Waals surface area contributed by atoms with Crippen molar-refractivity contribution in [3.63, 3.8) is 0 Å². The van der Waals surface area contributed by atoms with Crippen molar-refractivity contribution in [3.8, 4) is 11.5 Å². The van der Waals surface area contributed by atoms with Gasteiger partial charge in [0.1, 0.15) is 0 Å². The number of rotatable bonds is 8. The summed E-state index contributed by atoms with van der Waals surface area (Å²) in [5.74, 6) is 2.48. The van der Waals surface area contributed by atoms with Crippen LogP contribution in [0.1, 0.15) is 24.4 Å². The molecule has 2 rings (SSSR count). The third-order valence-electron chi connectivity index (χ3n) is 3.92. The Morgan fingerprint density at radius 2 is 1.95 bits per heavy atom. The molecular weight excluding hydrogens is 252 g/mol. The van der Waals surface area contributed by atoms with Crippen LogP contribution in [0.5, 0.6) is 11.5 Å². The van der Waals surface area contributed by atoms with E-state index in [4.69, 9.17) is 9.47 Å². The Bertz CT molecular complexity index is 432. The van der Waals surface area contributed by atoms with Crippen LogP contribution in [0.4, 0.5) is 0 Å². The monoisotopic (exact) mass is 278 g/mol. The molecule has 1 aliphatic rings. The molecule has 112 valence electrons. The summed E-state index contributed by atoms with van der Waals surface area (Å²) in [6.07, 6.45) is 2.79. The molecule has 0 spiro atoms. The van der Waals surface area contributed by atoms with Crippen molar-refractivity contribution in [2.45, 2.75) is 18.9 Å². The van der Waals surface area contributed by atoms with Gasteiger partial charge in [0.05, 0.1) is 14.2 Å². The first-order valence-electron chi connectivity index (χ1n) is 7.25. The fourth-order valence-electron chi connectivity index (χ4n) is 2.56. The van der Waals surface area contributed by atoms with Crippen molar-refractivity contribution < 1.29 is 9.47 Å². The molecule has 0 aliphatic heterocycles. The van der Waals surface area contributed by atoms with Crippen molar-refractivity contribution in [2.24, 2.45) is 5.92 Å². The zero-order valence-electron chi connectivity index (χ0n) is 13.0. The van der Waals surface area contributed by atoms with E-state index >= 15 is 0 Å². The third kappa shape index (κ3) is 3.87. The Balaban J connectivity index is 2.05. The van der Waals surface area contributed by atoms with Crippen molar-refractivity contribution in [3.05, 3.63) is 23.8 Å². The van der Waals surface area contributed by atoms with Crippen LogP contribution in [-0.2, 0) is 0 Å². The predicted molar refractivity (Wildman–Crippen MR) is 81.6 cm³/mol. The Morgan fingerprint density at radius 3 is 2.50 bits per heavy atom. The summed E-state index contributed by atoms with van der Waals surface area (Å²) in [5.41, 5.74) is 1.23. The summed E-state index contributed by atoms with van der Waals surface area (Å²) in [7, 11) is 7.54. The van der Waals surface area contributed by atoms with E-state index in [0.29, 0.717) is 6.04 Å². The molecule has 1 unspecified atom stereocenters. The van der Waals surface area contributed by atoms with Gasteiger partial charge in [-0.3, -0.25) is 0 Å². The van der Waals surface area contributed by atoms with E-state index in [-0.39, 0.29) is 0 Å². The van der Waals surface area contributed by atoms with Gasteiger partial charge in [-0.25, -0.2) is 0 Å². The number of ether oxygens (including phenoxy) is 2. The fraction of sp³-hybridized carbons (Fsp3) is 0.625. The largest absolute Gasteiger partial charge is 0.493 e. The lowest BCUT2D eigenvalue weighted by atomic mass is 10.1. The molecule has 0 heterocycles. The molecule has 1 aromatic rings. The zero-order chi connectivity index (χ0) is 14.5. The van der Waals surface area contributed by atoms with Crippen LogP contribution < -0.4 is 14.8 Å². The van der Waals surface area contributed by atoms with Crippen molar-refractivity contribution in [2.75, 3.05) is 41.4 Å². The van der Waals surface area contributed by atoms with Gasteiger partial charge in [-0.05, 0) is 50.6 Å². The van der Waals surface area contributed by atoms with Crippen LogP contribution in [0, 0.1) is 5.92 Å². The molecule has 20 heavy (non-hydrogen) atoms. The number of benzene rings is 1. The number of hydrogen-bond donors (Lipinski definition) is 1. The highest BCUT2D eigenvalue weighted by Gasteiger charge is 2.24. The molecule has 1 saturated carbocycles. The first-order valence-corrected chi connectivity index (χ1v) is 7.25. The molecule has 1 aromatic carbocycles. The first kappa shape index (κ1) is 15.1. The van der Waals surface area contributed by atoms with Gasteiger partial charge in [-0.15, -0.1) is 0 Å². The highest BCUT2D eigenvalue weighted by Crippen LogP contribution is 2.31. The van der Waals surface area contributed by atoms with E-state index in [9.17, 15) is 0 Å². The van der Waals surface area contributed by atoms with Gasteiger partial charge in [-0.2, -0.15) is 0 Å². The molecule has 0 radical (unpaired) electrons. The van der Waals surface area contributed by atoms with Crippen LogP contribution in [0.25, 0.3) is 0 Å². The normalized spacial score (nSPS) is 16.2. The summed E-state index contributed by atoms with van der Waals surface area (Å²) in [4.78, 5) is 2.41. The minimum absolute atomic E-state index is 0.304. The molecule has 1 fully saturated rings. The summed E-state index contributed by atoms with van der Waals surface area (Å²) >= 11 is 0. The Morgan fingerprint density at radius 1 is 1.25 bits per heavy atom. The van der Waals surface area contributed by atoms with Crippen LogP contribution >= 0.6 is 0 Å². The van der Waals surface area contributed by atoms with E-state index in [2.05, 4.69) is 29.4 Å². The van der Waals surface area contributed by atoms with Crippen LogP contribution in [0.2, 0.25) is 0 Å². The molecule has 0 aromatic heterocycles. The predicted octanol–water partition coefficient (Wildman–Crippen LogP) is 2.31. The van der Waals surface area contributed by atoms with Crippen molar-refractivity contribution in [1.29, 1.82) is 0 Å². The SMILES string of the molecule is CNC(CN(C)CC1CC1)c1ccc(OC)c(OC)c1. The molecule has 0 saturated heterocycles. The van der Waals surface area contributed by atoms with E-state index < -0.39 is 0 Å². The highest BCUT2D eigenvalue weighted by atomic mass is 16.5. The molecule has 1 N–H and O–H groups in total. The Hall–Kier alpha value is -1.26. The van der Waals surface area contributed by atoms with Crippen molar-refractivity contribution >= 4 is 0 Å². The van der Waals surface area contributed by atoms with Crippen molar-refractivity contribution in [1.82, 2.24) is 10.2 Å². The van der Waals surface area contributed by atoms with Gasteiger partial charge in [0.2, 0.25) is 0 Å². The number of nitrogens with one attached hydrogen (secondary N) is 1. The van der Waals surface area contributed by atoms with Gasteiger partial charge in [0.25, 0.3) is 0 Å². The summed E-state index contributed by atoms with van der Waals surface area (Å²) in [6, 6.07) is 6.44. The van der Waals surface area contributed by atoms with E-state index in [1.165, 1.54) is 24.9 Å². The average Bonchev–Trinajstić information content (AvgIpc) is 3.27. The summed E-state index contributed by atoms with van der Waals surface area (Å²) in [5, 5.41) is 3.39. The van der Waals surface area contributed by atoms with Gasteiger partial charge < -0.3 is 19.7 Å². The van der Waals surface area contributed by atoms with Crippen LogP contribution in [0.3, 0.4) is 0 Å². The van der Waals surface area contributed by atoms with Gasteiger partial charge in [0, 0.05) is 19.1 Å². The second-order valence-electron chi connectivity index (χ2n) is 5.62. The second kappa shape index (κ2) is 6.95. The van der Waals surface area contributed by atoms with E-state index in [0.717, 1.165) is 24.0 Å². The molecule has 0 bridgehead atoms. The standard InChI is InChI=1S/C16H26N2O2/c1-17-14(11-18(2)10-12-5-6-12)13-7-8-15(19-3)16(9-13)20-4/h7-9,12,14,17H,5-6,10-11H2,1-4H3. The maximum Gasteiger partial charge on any atom is 0.161 e. The topological polar surface area (TPSA) is 33.7 Å². The number of methoxy groups -OCH3 is 2. The smallest absolute Gasteiger partial charge is 0.161 e. The summed E-state index contributed by atoms with van der Waals surface area (Å²) in [6.45, 7) is 2.20. The van der Waals surface area contributed by atoms with Gasteiger partial charge in [-0.1, -0.05) is 6.07 Å². The lowest BCUT2D eigenvalue weighted by Gasteiger charge is -2.24. The van der Waals surface area contributed by atoms with E-state index in [1.807, 2.05) is 13.1 Å². The lowest BCUT2D eigenvalue weighted by molar-refractivity contribution is 0.285. The minimum Gasteiger partial charge on any atom is -0.493 e. The Kier molecular flexibility index (Phi) is 5.26. The molecule has 1 atom stereocenters. The average molecular weight is 278 g/mol. The molecule has 1 aliphatic carbocycles. The minimum atomic E-state index is 0.304. The number of nitrogens with zero attached hydrogens (tertiary/aromatic N) is 1. The van der Waals surface area contributed by atoms with Gasteiger partial charge >= 0.3 is 0 Å². The van der Waals surface area contributed by atoms with Crippen LogP contribution in [0.15, 0.2) is 18.2 Å².